The number of carboxylic acid groups (broad SMARTS) is 1. The molecule has 2 aromatic carbocycles. The van der Waals surface area contributed by atoms with Crippen molar-refractivity contribution in [2.75, 3.05) is 19.0 Å². The summed E-state index contributed by atoms with van der Waals surface area (Å²) in [6.07, 6.45) is 0. The molecule has 6 nitrogen and oxygen atoms in total. The number of halogens is 1. The third-order valence-corrected chi connectivity index (χ3v) is 3.39. The number of carbonyl (C=O) groups is 2. The summed E-state index contributed by atoms with van der Waals surface area (Å²) < 4.78 is 11.0. The maximum atomic E-state index is 11.9. The van der Waals surface area contributed by atoms with Gasteiger partial charge in [-0.2, -0.15) is 0 Å². The summed E-state index contributed by atoms with van der Waals surface area (Å²) in [7, 11) is 1.53. The summed E-state index contributed by atoms with van der Waals surface area (Å²) in [5.41, 5.74) is 0.203. The number of benzene rings is 2. The second-order valence-electron chi connectivity index (χ2n) is 4.51. The van der Waals surface area contributed by atoms with E-state index in [0.717, 1.165) is 0 Å². The van der Waals surface area contributed by atoms with Gasteiger partial charge in [0.2, 0.25) is 0 Å². The van der Waals surface area contributed by atoms with Crippen LogP contribution in [0, 0.1) is 0 Å². The summed E-state index contributed by atoms with van der Waals surface area (Å²) in [5.74, 6) is -0.495. The number of rotatable bonds is 6. The first-order valence-corrected chi connectivity index (χ1v) is 7.38. The molecule has 0 heterocycles. The van der Waals surface area contributed by atoms with Crippen LogP contribution >= 0.6 is 15.9 Å². The van der Waals surface area contributed by atoms with E-state index in [0.29, 0.717) is 16.0 Å². The SMILES string of the molecule is COc1cccc(OCC(=O)Nc2ccc(Br)cc2C(=O)O)c1. The Morgan fingerprint density at radius 2 is 1.91 bits per heavy atom. The second kappa shape index (κ2) is 7.64. The average molecular weight is 380 g/mol. The maximum absolute atomic E-state index is 11.9. The highest BCUT2D eigenvalue weighted by atomic mass is 79.9. The molecule has 2 N–H and O–H groups in total. The minimum Gasteiger partial charge on any atom is -0.497 e. The first kappa shape index (κ1) is 16.8. The maximum Gasteiger partial charge on any atom is 0.337 e. The first-order valence-electron chi connectivity index (χ1n) is 6.59. The van der Waals surface area contributed by atoms with Crippen LogP contribution in [0.1, 0.15) is 10.4 Å². The lowest BCUT2D eigenvalue weighted by atomic mass is 10.2. The van der Waals surface area contributed by atoms with Crippen molar-refractivity contribution in [3.63, 3.8) is 0 Å². The number of aromatic carboxylic acids is 1. The molecule has 0 aromatic heterocycles. The molecule has 0 saturated heterocycles. The van der Waals surface area contributed by atoms with Crippen LogP contribution in [0.3, 0.4) is 0 Å². The molecule has 120 valence electrons. The van der Waals surface area contributed by atoms with Crippen LogP contribution in [0.25, 0.3) is 0 Å². The molecular formula is C16H14BrNO5. The Morgan fingerprint density at radius 1 is 1.17 bits per heavy atom. The fraction of sp³-hybridized carbons (Fsp3) is 0.125. The summed E-state index contributed by atoms with van der Waals surface area (Å²) in [6.45, 7) is -0.248. The normalized spacial score (nSPS) is 10.0. The van der Waals surface area contributed by atoms with E-state index >= 15 is 0 Å². The van der Waals surface area contributed by atoms with Crippen LogP contribution in [0.4, 0.5) is 5.69 Å². The number of carbonyl (C=O) groups excluding carboxylic acids is 1. The predicted molar refractivity (Wildman–Crippen MR) is 88.2 cm³/mol. The molecule has 1 amide bonds. The van der Waals surface area contributed by atoms with Gasteiger partial charge in [0, 0.05) is 10.5 Å². The zero-order valence-electron chi connectivity index (χ0n) is 12.2. The van der Waals surface area contributed by atoms with Gasteiger partial charge in [0.1, 0.15) is 11.5 Å². The molecule has 23 heavy (non-hydrogen) atoms. The Balaban J connectivity index is 2.01. The van der Waals surface area contributed by atoms with Gasteiger partial charge in [-0.15, -0.1) is 0 Å². The molecule has 0 atom stereocenters. The third kappa shape index (κ3) is 4.72. The van der Waals surface area contributed by atoms with Crippen LogP contribution in [0.2, 0.25) is 0 Å². The van der Waals surface area contributed by atoms with Crippen LogP contribution in [0.15, 0.2) is 46.9 Å². The number of ether oxygens (including phenoxy) is 2. The molecule has 0 bridgehead atoms. The largest absolute Gasteiger partial charge is 0.497 e. The van der Waals surface area contributed by atoms with E-state index < -0.39 is 11.9 Å². The monoisotopic (exact) mass is 379 g/mol. The van der Waals surface area contributed by atoms with Crippen LogP contribution < -0.4 is 14.8 Å². The molecule has 0 aliphatic rings. The van der Waals surface area contributed by atoms with Gasteiger partial charge in [-0.1, -0.05) is 22.0 Å². The minimum atomic E-state index is -1.13. The third-order valence-electron chi connectivity index (χ3n) is 2.90. The van der Waals surface area contributed by atoms with E-state index in [2.05, 4.69) is 21.2 Å². The number of amides is 1. The molecular weight excluding hydrogens is 366 g/mol. The molecule has 0 saturated carbocycles. The zero-order chi connectivity index (χ0) is 16.8. The van der Waals surface area contributed by atoms with Gasteiger partial charge in [0.25, 0.3) is 5.91 Å². The number of hydrogen-bond acceptors (Lipinski definition) is 4. The highest BCUT2D eigenvalue weighted by Gasteiger charge is 2.13. The lowest BCUT2D eigenvalue weighted by Crippen LogP contribution is -2.21. The van der Waals surface area contributed by atoms with E-state index in [4.69, 9.17) is 14.6 Å². The number of methoxy groups -OCH3 is 1. The van der Waals surface area contributed by atoms with E-state index in [9.17, 15) is 9.59 Å². The topological polar surface area (TPSA) is 84.9 Å². The van der Waals surface area contributed by atoms with Gasteiger partial charge in [-0.3, -0.25) is 4.79 Å². The van der Waals surface area contributed by atoms with E-state index in [-0.39, 0.29) is 17.9 Å². The molecule has 0 fully saturated rings. The van der Waals surface area contributed by atoms with Crippen molar-refractivity contribution >= 4 is 33.5 Å². The quantitative estimate of drug-likeness (QED) is 0.804. The zero-order valence-corrected chi connectivity index (χ0v) is 13.8. The molecule has 2 aromatic rings. The number of carboxylic acids is 1. The van der Waals surface area contributed by atoms with Gasteiger partial charge in [0.05, 0.1) is 18.4 Å². The number of nitrogens with one attached hydrogen (secondary N) is 1. The van der Waals surface area contributed by atoms with Gasteiger partial charge in [-0.05, 0) is 30.3 Å². The van der Waals surface area contributed by atoms with Crippen molar-refractivity contribution in [3.05, 3.63) is 52.5 Å². The summed E-state index contributed by atoms with van der Waals surface area (Å²) in [4.78, 5) is 23.1. The number of anilines is 1. The Bertz CT molecular complexity index is 732. The molecule has 7 heteroatoms. The van der Waals surface area contributed by atoms with E-state index in [1.807, 2.05) is 0 Å². The second-order valence-corrected chi connectivity index (χ2v) is 5.43. The molecule has 0 unspecified atom stereocenters. The fourth-order valence-electron chi connectivity index (χ4n) is 1.83. The average Bonchev–Trinajstić information content (AvgIpc) is 2.54. The smallest absolute Gasteiger partial charge is 0.337 e. The Kier molecular flexibility index (Phi) is 5.59. The molecule has 0 aliphatic heterocycles. The number of hydrogen-bond donors (Lipinski definition) is 2. The van der Waals surface area contributed by atoms with Crippen LogP contribution in [-0.4, -0.2) is 30.7 Å². The van der Waals surface area contributed by atoms with Crippen LogP contribution in [-0.2, 0) is 4.79 Å². The summed E-state index contributed by atoms with van der Waals surface area (Å²) in [6, 6.07) is 11.4. The van der Waals surface area contributed by atoms with Crippen molar-refractivity contribution in [1.82, 2.24) is 0 Å². The Hall–Kier alpha value is -2.54. The van der Waals surface area contributed by atoms with Crippen molar-refractivity contribution in [3.8, 4) is 11.5 Å². The Labute approximate surface area is 141 Å². The molecule has 0 radical (unpaired) electrons. The van der Waals surface area contributed by atoms with Gasteiger partial charge >= 0.3 is 5.97 Å². The molecule has 0 spiro atoms. The van der Waals surface area contributed by atoms with E-state index in [1.165, 1.54) is 19.2 Å². The van der Waals surface area contributed by atoms with E-state index in [1.54, 1.807) is 30.3 Å². The van der Waals surface area contributed by atoms with Crippen molar-refractivity contribution in [2.45, 2.75) is 0 Å². The Morgan fingerprint density at radius 3 is 2.61 bits per heavy atom. The first-order chi connectivity index (χ1) is 11.0. The molecule has 2 rings (SSSR count). The van der Waals surface area contributed by atoms with Crippen molar-refractivity contribution in [1.29, 1.82) is 0 Å². The predicted octanol–water partition coefficient (Wildman–Crippen LogP) is 3.17. The molecule has 0 aliphatic carbocycles. The highest BCUT2D eigenvalue weighted by Crippen LogP contribution is 2.22. The van der Waals surface area contributed by atoms with Gasteiger partial charge in [-0.25, -0.2) is 4.79 Å². The standard InChI is InChI=1S/C16H14BrNO5/c1-22-11-3-2-4-12(8-11)23-9-15(19)18-14-6-5-10(17)7-13(14)16(20)21/h2-8H,9H2,1H3,(H,18,19)(H,20,21). The minimum absolute atomic E-state index is 0.00546. The van der Waals surface area contributed by atoms with Crippen molar-refractivity contribution in [2.24, 2.45) is 0 Å². The van der Waals surface area contributed by atoms with Crippen molar-refractivity contribution < 1.29 is 24.2 Å². The summed E-state index contributed by atoms with van der Waals surface area (Å²) in [5, 5.41) is 11.7. The fourth-order valence-corrected chi connectivity index (χ4v) is 2.19. The lowest BCUT2D eigenvalue weighted by molar-refractivity contribution is -0.118. The van der Waals surface area contributed by atoms with Crippen LogP contribution in [0.5, 0.6) is 11.5 Å². The summed E-state index contributed by atoms with van der Waals surface area (Å²) >= 11 is 3.19. The van der Waals surface area contributed by atoms with Gasteiger partial charge < -0.3 is 19.9 Å². The van der Waals surface area contributed by atoms with Gasteiger partial charge in [0.15, 0.2) is 6.61 Å². The highest BCUT2D eigenvalue weighted by molar-refractivity contribution is 9.10. The lowest BCUT2D eigenvalue weighted by Gasteiger charge is -2.10.